The molecule has 1 saturated heterocycles. The molecule has 0 radical (unpaired) electrons. The van der Waals surface area contributed by atoms with Crippen molar-refractivity contribution in [1.29, 1.82) is 0 Å². The Morgan fingerprint density at radius 2 is 1.80 bits per heavy atom. The Balaban J connectivity index is 2.03. The number of rotatable bonds is 1. The highest BCUT2D eigenvalue weighted by Gasteiger charge is 2.38. The average molecular weight is 286 g/mol. The molecule has 1 aromatic heterocycles. The van der Waals surface area contributed by atoms with Gasteiger partial charge in [-0.05, 0) is 32.2 Å². The minimum Gasteiger partial charge on any atom is -0.341 e. The van der Waals surface area contributed by atoms with Crippen LogP contribution in [-0.2, 0) is 19.1 Å². The molecule has 0 unspecified atom stereocenters. The van der Waals surface area contributed by atoms with Crippen LogP contribution in [0.15, 0.2) is 0 Å². The zero-order valence-corrected chi connectivity index (χ0v) is 11.1. The number of nitrogens with zero attached hydrogens (tertiary/aromatic N) is 3. The van der Waals surface area contributed by atoms with Crippen LogP contribution in [0.5, 0.6) is 0 Å². The van der Waals surface area contributed by atoms with Crippen LogP contribution in [0.3, 0.4) is 0 Å². The third-order valence-electron chi connectivity index (χ3n) is 3.83. The lowest BCUT2D eigenvalue weighted by Gasteiger charge is -2.29. The van der Waals surface area contributed by atoms with E-state index in [0.717, 1.165) is 32.4 Å². The van der Waals surface area contributed by atoms with E-state index in [2.05, 4.69) is 15.3 Å². The molecular weight excluding hydrogens is 269 g/mol. The number of hydrogen-bond acceptors (Lipinski definition) is 4. The van der Waals surface area contributed by atoms with Crippen LogP contribution in [0, 0.1) is 0 Å². The Labute approximate surface area is 115 Å². The van der Waals surface area contributed by atoms with Crippen LogP contribution < -0.4 is 10.2 Å². The van der Waals surface area contributed by atoms with Gasteiger partial charge >= 0.3 is 6.18 Å². The Morgan fingerprint density at radius 3 is 2.50 bits per heavy atom. The van der Waals surface area contributed by atoms with Crippen molar-refractivity contribution < 1.29 is 13.2 Å². The fourth-order valence-electron chi connectivity index (χ4n) is 2.82. The first-order valence-corrected chi connectivity index (χ1v) is 6.98. The van der Waals surface area contributed by atoms with Gasteiger partial charge in [-0.3, -0.25) is 0 Å². The molecule has 0 amide bonds. The Bertz CT molecular complexity index is 495. The molecule has 0 aliphatic carbocycles. The number of halogens is 3. The molecular formula is C13H17F3N4. The fraction of sp³-hybridized carbons (Fsp3) is 0.692. The molecule has 1 aromatic rings. The number of aromatic nitrogens is 2. The topological polar surface area (TPSA) is 41.1 Å². The molecule has 0 saturated carbocycles. The van der Waals surface area contributed by atoms with E-state index in [4.69, 9.17) is 0 Å². The number of fused-ring (bicyclic) bond motifs is 1. The van der Waals surface area contributed by atoms with Crippen LogP contribution in [0.25, 0.3) is 0 Å². The molecule has 3 heterocycles. The molecule has 2 aliphatic heterocycles. The molecule has 1 N–H and O–H groups in total. The number of alkyl halides is 3. The third kappa shape index (κ3) is 2.59. The predicted molar refractivity (Wildman–Crippen MR) is 68.5 cm³/mol. The first-order valence-electron chi connectivity index (χ1n) is 6.98. The van der Waals surface area contributed by atoms with Crippen LogP contribution in [0.2, 0.25) is 0 Å². The van der Waals surface area contributed by atoms with Crippen molar-refractivity contribution in [1.82, 2.24) is 15.3 Å². The summed E-state index contributed by atoms with van der Waals surface area (Å²) in [6, 6.07) is 0. The Morgan fingerprint density at radius 1 is 1.05 bits per heavy atom. The van der Waals surface area contributed by atoms with E-state index in [1.165, 1.54) is 0 Å². The van der Waals surface area contributed by atoms with Gasteiger partial charge in [-0.25, -0.2) is 9.97 Å². The monoisotopic (exact) mass is 286 g/mol. The highest BCUT2D eigenvalue weighted by molar-refractivity contribution is 5.39. The summed E-state index contributed by atoms with van der Waals surface area (Å²) < 4.78 is 39.6. The number of anilines is 1. The number of hydrogen-bond donors (Lipinski definition) is 1. The van der Waals surface area contributed by atoms with E-state index in [1.54, 1.807) is 0 Å². The van der Waals surface area contributed by atoms with Crippen LogP contribution in [0.1, 0.15) is 36.2 Å². The number of piperidine rings is 1. The molecule has 110 valence electrons. The smallest absolute Gasteiger partial charge is 0.341 e. The first-order chi connectivity index (χ1) is 9.55. The quantitative estimate of drug-likeness (QED) is 0.858. The molecule has 1 fully saturated rings. The minimum atomic E-state index is -4.41. The Kier molecular flexibility index (Phi) is 3.54. The van der Waals surface area contributed by atoms with Crippen LogP contribution in [0.4, 0.5) is 19.1 Å². The highest BCUT2D eigenvalue weighted by atomic mass is 19.4. The molecule has 7 heteroatoms. The van der Waals surface area contributed by atoms with Crippen LogP contribution in [-0.4, -0.2) is 29.6 Å². The van der Waals surface area contributed by atoms with Crippen molar-refractivity contribution in [3.63, 3.8) is 0 Å². The molecule has 0 atom stereocenters. The van der Waals surface area contributed by atoms with E-state index >= 15 is 0 Å². The summed E-state index contributed by atoms with van der Waals surface area (Å²) in [5.41, 5.74) is 0.0146. The standard InChI is InChI=1S/C13H17F3N4/c14-13(15,16)11-9-4-5-17-8-10(9)18-12(19-11)20-6-2-1-3-7-20/h17H,1-8H2. The lowest BCUT2D eigenvalue weighted by atomic mass is 10.0. The maximum absolute atomic E-state index is 13.2. The summed E-state index contributed by atoms with van der Waals surface area (Å²) in [5.74, 6) is 0.236. The van der Waals surface area contributed by atoms with Crippen molar-refractivity contribution in [2.75, 3.05) is 24.5 Å². The summed E-state index contributed by atoms with van der Waals surface area (Å²) in [6.45, 7) is 2.41. The van der Waals surface area contributed by atoms with E-state index in [-0.39, 0.29) is 11.5 Å². The van der Waals surface area contributed by atoms with Gasteiger partial charge in [0.25, 0.3) is 0 Å². The zero-order valence-electron chi connectivity index (χ0n) is 11.1. The summed E-state index contributed by atoms with van der Waals surface area (Å²) >= 11 is 0. The average Bonchev–Trinajstić information content (AvgIpc) is 2.46. The molecule has 2 aliphatic rings. The zero-order chi connectivity index (χ0) is 14.2. The van der Waals surface area contributed by atoms with Crippen molar-refractivity contribution >= 4 is 5.95 Å². The van der Waals surface area contributed by atoms with Crippen molar-refractivity contribution in [2.24, 2.45) is 0 Å². The second-order valence-corrected chi connectivity index (χ2v) is 5.27. The van der Waals surface area contributed by atoms with Gasteiger partial charge in [0.1, 0.15) is 0 Å². The van der Waals surface area contributed by atoms with Gasteiger partial charge in [0.05, 0.1) is 5.69 Å². The minimum absolute atomic E-state index is 0.236. The molecule has 4 nitrogen and oxygen atoms in total. The van der Waals surface area contributed by atoms with Gasteiger partial charge in [-0.2, -0.15) is 13.2 Å². The second kappa shape index (κ2) is 5.20. The highest BCUT2D eigenvalue weighted by Crippen LogP contribution is 2.34. The van der Waals surface area contributed by atoms with Gasteiger partial charge in [-0.15, -0.1) is 0 Å². The maximum Gasteiger partial charge on any atom is 0.433 e. The summed E-state index contributed by atoms with van der Waals surface area (Å²) in [5, 5.41) is 3.07. The lowest BCUT2D eigenvalue weighted by molar-refractivity contribution is -0.142. The van der Waals surface area contributed by atoms with Crippen molar-refractivity contribution in [2.45, 2.75) is 38.4 Å². The summed E-state index contributed by atoms with van der Waals surface area (Å²) in [7, 11) is 0. The van der Waals surface area contributed by atoms with Gasteiger partial charge in [0, 0.05) is 25.2 Å². The van der Waals surface area contributed by atoms with Gasteiger partial charge in [0.15, 0.2) is 5.69 Å². The fourth-order valence-corrected chi connectivity index (χ4v) is 2.82. The van der Waals surface area contributed by atoms with Gasteiger partial charge in [0.2, 0.25) is 5.95 Å². The molecule has 0 bridgehead atoms. The molecule has 20 heavy (non-hydrogen) atoms. The van der Waals surface area contributed by atoms with E-state index < -0.39 is 11.9 Å². The largest absolute Gasteiger partial charge is 0.433 e. The molecule has 3 rings (SSSR count). The SMILES string of the molecule is FC(F)(F)c1nc(N2CCCCC2)nc2c1CCNC2. The van der Waals surface area contributed by atoms with Crippen molar-refractivity contribution in [3.05, 3.63) is 17.0 Å². The van der Waals surface area contributed by atoms with Gasteiger partial charge in [-0.1, -0.05) is 0 Å². The lowest BCUT2D eigenvalue weighted by Crippen LogP contribution is -2.34. The normalized spacial score (nSPS) is 19.9. The van der Waals surface area contributed by atoms with E-state index in [1.807, 2.05) is 4.90 Å². The summed E-state index contributed by atoms with van der Waals surface area (Å²) in [6.07, 6.45) is -0.978. The Hall–Kier alpha value is -1.37. The predicted octanol–water partition coefficient (Wildman–Crippen LogP) is 2.13. The number of nitrogens with one attached hydrogen (secondary N) is 1. The maximum atomic E-state index is 13.2. The van der Waals surface area contributed by atoms with Crippen LogP contribution >= 0.6 is 0 Å². The molecule has 0 spiro atoms. The van der Waals surface area contributed by atoms with E-state index in [9.17, 15) is 13.2 Å². The van der Waals surface area contributed by atoms with E-state index in [0.29, 0.717) is 25.2 Å². The molecule has 0 aromatic carbocycles. The third-order valence-corrected chi connectivity index (χ3v) is 3.83. The van der Waals surface area contributed by atoms with Gasteiger partial charge < -0.3 is 10.2 Å². The summed E-state index contributed by atoms with van der Waals surface area (Å²) in [4.78, 5) is 10.1. The first kappa shape index (κ1) is 13.6. The second-order valence-electron chi connectivity index (χ2n) is 5.27. The van der Waals surface area contributed by atoms with Crippen molar-refractivity contribution in [3.8, 4) is 0 Å².